The Morgan fingerprint density at radius 1 is 1.17 bits per heavy atom. The van der Waals surface area contributed by atoms with Crippen molar-refractivity contribution < 1.29 is 19.2 Å². The number of thiazole rings is 1. The van der Waals surface area contributed by atoms with Crippen LogP contribution in [0, 0.1) is 0 Å². The Hall–Kier alpha value is -2.64. The first kappa shape index (κ1) is 19.3. The summed E-state index contributed by atoms with van der Waals surface area (Å²) in [4.78, 5) is 18.7. The Morgan fingerprint density at radius 3 is 2.90 bits per heavy atom. The Labute approximate surface area is 179 Å². The van der Waals surface area contributed by atoms with Gasteiger partial charge in [-0.1, -0.05) is 24.3 Å². The van der Waals surface area contributed by atoms with Crippen molar-refractivity contribution in [3.8, 4) is 11.5 Å². The van der Waals surface area contributed by atoms with Crippen LogP contribution in [0.25, 0.3) is 10.2 Å². The molecule has 30 heavy (non-hydrogen) atoms. The van der Waals surface area contributed by atoms with Gasteiger partial charge in [-0.3, -0.25) is 4.79 Å². The molecular weight excluding hydrogens is 398 g/mol. The Morgan fingerprint density at radius 2 is 2.00 bits per heavy atom. The van der Waals surface area contributed by atoms with E-state index in [2.05, 4.69) is 23.5 Å². The lowest BCUT2D eigenvalue weighted by atomic mass is 9.99. The second-order valence-electron chi connectivity index (χ2n) is 8.04. The van der Waals surface area contributed by atoms with Gasteiger partial charge in [0.25, 0.3) is 5.91 Å². The second kappa shape index (κ2) is 8.62. The SMILES string of the molecule is O=C(C[NH+]1CCC[C@H](c2nc3ccccc3s2)C1)NC[C@@H]1COc2ccccc2O1. The summed E-state index contributed by atoms with van der Waals surface area (Å²) in [5, 5.41) is 4.24. The van der Waals surface area contributed by atoms with Gasteiger partial charge < -0.3 is 19.7 Å². The van der Waals surface area contributed by atoms with E-state index in [1.165, 1.54) is 14.6 Å². The third-order valence-electron chi connectivity index (χ3n) is 5.78. The number of benzene rings is 2. The van der Waals surface area contributed by atoms with Gasteiger partial charge in [-0.2, -0.15) is 0 Å². The maximum absolute atomic E-state index is 12.5. The largest absolute Gasteiger partial charge is 0.486 e. The number of fused-ring (bicyclic) bond motifs is 2. The van der Waals surface area contributed by atoms with E-state index in [1.54, 1.807) is 11.3 Å². The monoisotopic (exact) mass is 424 g/mol. The Kier molecular flexibility index (Phi) is 5.55. The van der Waals surface area contributed by atoms with Crippen LogP contribution in [0.1, 0.15) is 23.8 Å². The number of ether oxygens (including phenoxy) is 2. The van der Waals surface area contributed by atoms with Gasteiger partial charge in [0.1, 0.15) is 17.7 Å². The fraction of sp³-hybridized carbons (Fsp3) is 0.391. The zero-order chi connectivity index (χ0) is 20.3. The first-order valence-electron chi connectivity index (χ1n) is 10.6. The molecule has 1 saturated heterocycles. The van der Waals surface area contributed by atoms with Gasteiger partial charge >= 0.3 is 0 Å². The smallest absolute Gasteiger partial charge is 0.275 e. The molecule has 7 heteroatoms. The van der Waals surface area contributed by atoms with E-state index in [0.29, 0.717) is 25.6 Å². The highest BCUT2D eigenvalue weighted by atomic mass is 32.1. The average molecular weight is 425 g/mol. The van der Waals surface area contributed by atoms with Crippen LogP contribution in [-0.4, -0.2) is 49.8 Å². The maximum Gasteiger partial charge on any atom is 0.275 e. The second-order valence-corrected chi connectivity index (χ2v) is 9.10. The van der Waals surface area contributed by atoms with Crippen LogP contribution in [0.15, 0.2) is 48.5 Å². The van der Waals surface area contributed by atoms with Gasteiger partial charge in [0, 0.05) is 0 Å². The van der Waals surface area contributed by atoms with Gasteiger partial charge in [0.15, 0.2) is 18.0 Å². The summed E-state index contributed by atoms with van der Waals surface area (Å²) in [6, 6.07) is 15.9. The van der Waals surface area contributed by atoms with Crippen molar-refractivity contribution in [1.82, 2.24) is 10.3 Å². The number of carbonyl (C=O) groups excluding carboxylic acids is 1. The molecule has 2 aromatic carbocycles. The van der Waals surface area contributed by atoms with E-state index in [0.717, 1.165) is 42.9 Å². The highest BCUT2D eigenvalue weighted by Crippen LogP contribution is 2.31. The number of aromatic nitrogens is 1. The van der Waals surface area contributed by atoms with Crippen molar-refractivity contribution in [3.05, 3.63) is 53.5 Å². The minimum atomic E-state index is -0.157. The number of para-hydroxylation sites is 3. The lowest BCUT2D eigenvalue weighted by Gasteiger charge is -2.29. The predicted octanol–water partition coefficient (Wildman–Crippen LogP) is 2.01. The summed E-state index contributed by atoms with van der Waals surface area (Å²) in [7, 11) is 0. The predicted molar refractivity (Wildman–Crippen MR) is 117 cm³/mol. The first-order valence-corrected chi connectivity index (χ1v) is 11.4. The van der Waals surface area contributed by atoms with E-state index in [-0.39, 0.29) is 12.0 Å². The van der Waals surface area contributed by atoms with Crippen molar-refractivity contribution in [2.75, 3.05) is 32.8 Å². The van der Waals surface area contributed by atoms with Crippen LogP contribution in [0.5, 0.6) is 11.5 Å². The maximum atomic E-state index is 12.5. The van der Waals surface area contributed by atoms with Gasteiger partial charge in [0.2, 0.25) is 0 Å². The van der Waals surface area contributed by atoms with Crippen LogP contribution >= 0.6 is 11.3 Å². The van der Waals surface area contributed by atoms with Crippen LogP contribution in [-0.2, 0) is 4.79 Å². The average Bonchev–Trinajstić information content (AvgIpc) is 3.22. The molecule has 1 fully saturated rings. The number of piperidine rings is 1. The molecule has 3 atom stereocenters. The van der Waals surface area contributed by atoms with Crippen LogP contribution in [0.4, 0.5) is 0 Å². The molecule has 1 aromatic heterocycles. The van der Waals surface area contributed by atoms with Crippen molar-refractivity contribution in [3.63, 3.8) is 0 Å². The van der Waals surface area contributed by atoms with E-state index in [1.807, 2.05) is 30.3 Å². The Bertz CT molecular complexity index is 1000. The van der Waals surface area contributed by atoms with Crippen LogP contribution in [0.2, 0.25) is 0 Å². The van der Waals surface area contributed by atoms with Gasteiger partial charge in [-0.25, -0.2) is 4.98 Å². The van der Waals surface area contributed by atoms with E-state index >= 15 is 0 Å². The minimum Gasteiger partial charge on any atom is -0.486 e. The van der Waals surface area contributed by atoms with Gasteiger partial charge in [-0.15, -0.1) is 11.3 Å². The topological polar surface area (TPSA) is 64.9 Å². The number of hydrogen-bond donors (Lipinski definition) is 2. The summed E-state index contributed by atoms with van der Waals surface area (Å²) >= 11 is 1.79. The summed E-state index contributed by atoms with van der Waals surface area (Å²) in [6.45, 7) is 3.40. The van der Waals surface area contributed by atoms with E-state index < -0.39 is 0 Å². The molecule has 0 bridgehead atoms. The summed E-state index contributed by atoms with van der Waals surface area (Å²) in [6.07, 6.45) is 2.12. The zero-order valence-corrected chi connectivity index (χ0v) is 17.6. The number of quaternary nitrogens is 1. The van der Waals surface area contributed by atoms with E-state index in [4.69, 9.17) is 14.5 Å². The van der Waals surface area contributed by atoms with Crippen LogP contribution < -0.4 is 19.7 Å². The molecule has 1 amide bonds. The zero-order valence-electron chi connectivity index (χ0n) is 16.8. The minimum absolute atomic E-state index is 0.0670. The number of rotatable bonds is 5. The third-order valence-corrected chi connectivity index (χ3v) is 6.98. The van der Waals surface area contributed by atoms with Crippen LogP contribution in [0.3, 0.4) is 0 Å². The Balaban J connectivity index is 1.13. The number of amides is 1. The van der Waals surface area contributed by atoms with Crippen molar-refractivity contribution in [2.45, 2.75) is 24.9 Å². The molecule has 156 valence electrons. The number of nitrogens with one attached hydrogen (secondary N) is 2. The van der Waals surface area contributed by atoms with Gasteiger partial charge in [0.05, 0.1) is 35.8 Å². The van der Waals surface area contributed by atoms with Crippen molar-refractivity contribution in [1.29, 1.82) is 0 Å². The molecule has 0 aliphatic carbocycles. The first-order chi connectivity index (χ1) is 14.7. The highest BCUT2D eigenvalue weighted by Gasteiger charge is 2.29. The van der Waals surface area contributed by atoms with E-state index in [9.17, 15) is 4.79 Å². The number of nitrogens with zero attached hydrogens (tertiary/aromatic N) is 1. The molecule has 2 aliphatic rings. The van der Waals surface area contributed by atoms with Crippen molar-refractivity contribution >= 4 is 27.5 Å². The molecule has 2 aliphatic heterocycles. The molecule has 0 spiro atoms. The normalized spacial score (nSPS) is 23.3. The molecule has 1 unspecified atom stereocenters. The number of hydrogen-bond acceptors (Lipinski definition) is 5. The summed E-state index contributed by atoms with van der Waals surface area (Å²) in [5.74, 6) is 2.00. The third kappa shape index (κ3) is 4.27. The standard InChI is InChI=1S/C23H25N3O3S/c27-22(24-12-17-15-28-19-8-2-3-9-20(19)29-17)14-26-11-5-6-16(13-26)23-25-18-7-1-4-10-21(18)30-23/h1-4,7-10,16-17H,5-6,11-15H2,(H,24,27)/p+1/t16-,17+/m0/s1. The molecular formula is C23H26N3O3S+. The highest BCUT2D eigenvalue weighted by molar-refractivity contribution is 7.18. The lowest BCUT2D eigenvalue weighted by molar-refractivity contribution is -0.898. The molecule has 3 heterocycles. The molecule has 6 nitrogen and oxygen atoms in total. The summed E-state index contributed by atoms with van der Waals surface area (Å²) < 4.78 is 12.9. The molecule has 0 saturated carbocycles. The molecule has 5 rings (SSSR count). The number of carbonyl (C=O) groups is 1. The molecule has 3 aromatic rings. The molecule has 0 radical (unpaired) electrons. The molecule has 2 N–H and O–H groups in total. The number of likely N-dealkylation sites (tertiary alicyclic amines) is 1. The fourth-order valence-corrected chi connectivity index (χ4v) is 5.37. The fourth-order valence-electron chi connectivity index (χ4n) is 4.27. The summed E-state index contributed by atoms with van der Waals surface area (Å²) in [5.41, 5.74) is 1.08. The quantitative estimate of drug-likeness (QED) is 0.658. The van der Waals surface area contributed by atoms with Gasteiger partial charge in [-0.05, 0) is 37.1 Å². The van der Waals surface area contributed by atoms with Crippen molar-refractivity contribution in [2.24, 2.45) is 0 Å². The lowest BCUT2D eigenvalue weighted by Crippen LogP contribution is -3.14.